The van der Waals surface area contributed by atoms with E-state index in [1.165, 1.54) is 24.0 Å². The van der Waals surface area contributed by atoms with Crippen molar-refractivity contribution >= 4 is 21.8 Å². The van der Waals surface area contributed by atoms with Crippen molar-refractivity contribution in [2.75, 3.05) is 6.54 Å². The molecule has 1 saturated carbocycles. The molecule has 2 atom stereocenters. The van der Waals surface area contributed by atoms with Gasteiger partial charge in [-0.2, -0.15) is 0 Å². The second-order valence-corrected chi connectivity index (χ2v) is 6.98. The Bertz CT molecular complexity index is 470. The highest BCUT2D eigenvalue weighted by Crippen LogP contribution is 2.36. The molecule has 0 aliphatic heterocycles. The smallest absolute Gasteiger partial charge is 0.223 e. The van der Waals surface area contributed by atoms with Crippen LogP contribution < -0.4 is 5.32 Å². The van der Waals surface area contributed by atoms with Crippen molar-refractivity contribution in [1.82, 2.24) is 5.32 Å². The van der Waals surface area contributed by atoms with Crippen LogP contribution >= 0.6 is 15.9 Å². The molecule has 1 aromatic rings. The van der Waals surface area contributed by atoms with Crippen LogP contribution in [0, 0.1) is 11.8 Å². The molecule has 0 bridgehead atoms. The molecule has 3 heteroatoms. The van der Waals surface area contributed by atoms with E-state index in [0.29, 0.717) is 4.83 Å². The van der Waals surface area contributed by atoms with E-state index in [4.69, 9.17) is 0 Å². The van der Waals surface area contributed by atoms with Crippen LogP contribution in [0.15, 0.2) is 24.3 Å². The fourth-order valence-electron chi connectivity index (χ4n) is 2.89. The number of halogens is 1. The van der Waals surface area contributed by atoms with Crippen LogP contribution in [0.2, 0.25) is 0 Å². The highest BCUT2D eigenvalue weighted by atomic mass is 79.9. The molecule has 0 spiro atoms. The van der Waals surface area contributed by atoms with E-state index in [1.54, 1.807) is 0 Å². The lowest BCUT2D eigenvalue weighted by Crippen LogP contribution is -2.37. The Hall–Kier alpha value is -0.830. The van der Waals surface area contributed by atoms with Crippen molar-refractivity contribution in [2.45, 2.75) is 36.9 Å². The van der Waals surface area contributed by atoms with Crippen molar-refractivity contribution in [3.8, 4) is 0 Å². The van der Waals surface area contributed by atoms with Gasteiger partial charge in [0.1, 0.15) is 0 Å². The minimum atomic E-state index is 0.161. The zero-order valence-electron chi connectivity index (χ0n) is 11.1. The third-order valence-electron chi connectivity index (χ3n) is 4.32. The minimum Gasteiger partial charge on any atom is -0.355 e. The molecule has 1 fully saturated rings. The Morgan fingerprint density at radius 1 is 1.26 bits per heavy atom. The SMILES string of the molecule is O=C(NCC(Br)C1CC1)C1CCc2ccccc2C1. The summed E-state index contributed by atoms with van der Waals surface area (Å²) < 4.78 is 0. The molecule has 3 rings (SSSR count). The summed E-state index contributed by atoms with van der Waals surface area (Å²) in [6, 6.07) is 8.50. The molecule has 0 heterocycles. The van der Waals surface area contributed by atoms with Gasteiger partial charge in [-0.15, -0.1) is 0 Å². The lowest BCUT2D eigenvalue weighted by molar-refractivity contribution is -0.125. The summed E-state index contributed by atoms with van der Waals surface area (Å²) in [5.74, 6) is 1.18. The summed E-state index contributed by atoms with van der Waals surface area (Å²) in [5, 5.41) is 3.12. The number of fused-ring (bicyclic) bond motifs is 1. The maximum Gasteiger partial charge on any atom is 0.223 e. The molecule has 1 N–H and O–H groups in total. The molecule has 2 unspecified atom stereocenters. The highest BCUT2D eigenvalue weighted by Gasteiger charge is 2.30. The molecule has 1 aromatic carbocycles. The number of alkyl halides is 1. The van der Waals surface area contributed by atoms with Crippen molar-refractivity contribution in [3.63, 3.8) is 0 Å². The van der Waals surface area contributed by atoms with Crippen molar-refractivity contribution in [3.05, 3.63) is 35.4 Å². The number of hydrogen-bond acceptors (Lipinski definition) is 1. The summed E-state index contributed by atoms with van der Waals surface area (Å²) in [4.78, 5) is 12.7. The van der Waals surface area contributed by atoms with Crippen LogP contribution in [-0.4, -0.2) is 17.3 Å². The number of hydrogen-bond donors (Lipinski definition) is 1. The number of rotatable bonds is 4. The second kappa shape index (κ2) is 5.66. The lowest BCUT2D eigenvalue weighted by atomic mass is 9.83. The van der Waals surface area contributed by atoms with E-state index in [-0.39, 0.29) is 11.8 Å². The van der Waals surface area contributed by atoms with E-state index < -0.39 is 0 Å². The molecule has 0 saturated heterocycles. The first-order valence-corrected chi connectivity index (χ1v) is 8.14. The molecule has 2 aliphatic rings. The first-order chi connectivity index (χ1) is 9.24. The van der Waals surface area contributed by atoms with Crippen molar-refractivity contribution in [2.24, 2.45) is 11.8 Å². The van der Waals surface area contributed by atoms with Crippen LogP contribution in [0.5, 0.6) is 0 Å². The monoisotopic (exact) mass is 321 g/mol. The van der Waals surface area contributed by atoms with Crippen LogP contribution in [0.4, 0.5) is 0 Å². The maximum atomic E-state index is 12.2. The molecule has 1 amide bonds. The van der Waals surface area contributed by atoms with Gasteiger partial charge in [0, 0.05) is 17.3 Å². The molecule has 102 valence electrons. The van der Waals surface area contributed by atoms with Crippen molar-refractivity contribution < 1.29 is 4.79 Å². The van der Waals surface area contributed by atoms with E-state index in [1.807, 2.05) is 0 Å². The van der Waals surface area contributed by atoms with Gasteiger partial charge in [0.05, 0.1) is 0 Å². The zero-order chi connectivity index (χ0) is 13.2. The van der Waals surface area contributed by atoms with E-state index in [9.17, 15) is 4.79 Å². The topological polar surface area (TPSA) is 29.1 Å². The predicted molar refractivity (Wildman–Crippen MR) is 80.4 cm³/mol. The Labute approximate surface area is 123 Å². The van der Waals surface area contributed by atoms with Crippen LogP contribution in [0.3, 0.4) is 0 Å². The second-order valence-electron chi connectivity index (χ2n) is 5.81. The number of carbonyl (C=O) groups is 1. The predicted octanol–water partition coefficient (Wildman–Crippen LogP) is 3.08. The molecule has 19 heavy (non-hydrogen) atoms. The molecule has 0 radical (unpaired) electrons. The fourth-order valence-corrected chi connectivity index (χ4v) is 3.58. The van der Waals surface area contributed by atoms with E-state index in [0.717, 1.165) is 31.7 Å². The van der Waals surface area contributed by atoms with Gasteiger partial charge in [0.15, 0.2) is 0 Å². The molecule has 0 aromatic heterocycles. The summed E-state index contributed by atoms with van der Waals surface area (Å²) in [5.41, 5.74) is 2.77. The highest BCUT2D eigenvalue weighted by molar-refractivity contribution is 9.09. The number of amides is 1. The standard InChI is InChI=1S/C16H20BrNO/c17-15(12-6-7-12)10-18-16(19)14-8-5-11-3-1-2-4-13(11)9-14/h1-4,12,14-15H,5-10H2,(H,18,19). The zero-order valence-corrected chi connectivity index (χ0v) is 12.7. The van der Waals surface area contributed by atoms with Crippen LogP contribution in [0.25, 0.3) is 0 Å². The normalized spacial score (nSPS) is 23.5. The summed E-state index contributed by atoms with van der Waals surface area (Å²) >= 11 is 3.67. The Balaban J connectivity index is 1.53. The first kappa shape index (κ1) is 13.2. The van der Waals surface area contributed by atoms with Crippen LogP contribution in [0.1, 0.15) is 30.4 Å². The Morgan fingerprint density at radius 2 is 2.00 bits per heavy atom. The third-order valence-corrected chi connectivity index (χ3v) is 5.39. The number of nitrogens with one attached hydrogen (secondary N) is 1. The van der Waals surface area contributed by atoms with Crippen LogP contribution in [-0.2, 0) is 17.6 Å². The van der Waals surface area contributed by atoms with E-state index in [2.05, 4.69) is 45.5 Å². The minimum absolute atomic E-state index is 0.161. The molecule has 2 nitrogen and oxygen atoms in total. The van der Waals surface area contributed by atoms with Crippen molar-refractivity contribution in [1.29, 1.82) is 0 Å². The largest absolute Gasteiger partial charge is 0.355 e. The Morgan fingerprint density at radius 3 is 2.74 bits per heavy atom. The van der Waals surface area contributed by atoms with E-state index >= 15 is 0 Å². The Kier molecular flexibility index (Phi) is 3.92. The van der Waals surface area contributed by atoms with Gasteiger partial charge in [-0.1, -0.05) is 40.2 Å². The van der Waals surface area contributed by atoms with Gasteiger partial charge in [0.25, 0.3) is 0 Å². The van der Waals surface area contributed by atoms with Gasteiger partial charge >= 0.3 is 0 Å². The molecular weight excluding hydrogens is 302 g/mol. The number of carbonyl (C=O) groups excluding carboxylic acids is 1. The van der Waals surface area contributed by atoms with Gasteiger partial charge in [0.2, 0.25) is 5.91 Å². The number of aryl methyl sites for hydroxylation is 1. The maximum absolute atomic E-state index is 12.2. The van der Waals surface area contributed by atoms with Gasteiger partial charge < -0.3 is 5.32 Å². The average Bonchev–Trinajstić information content (AvgIpc) is 3.28. The first-order valence-electron chi connectivity index (χ1n) is 7.22. The van der Waals surface area contributed by atoms with Gasteiger partial charge in [-0.25, -0.2) is 0 Å². The number of benzene rings is 1. The summed E-state index contributed by atoms with van der Waals surface area (Å²) in [7, 11) is 0. The lowest BCUT2D eigenvalue weighted by Gasteiger charge is -2.24. The van der Waals surface area contributed by atoms with Gasteiger partial charge in [-0.05, 0) is 49.1 Å². The fraction of sp³-hybridized carbons (Fsp3) is 0.562. The average molecular weight is 322 g/mol. The quantitative estimate of drug-likeness (QED) is 0.848. The third kappa shape index (κ3) is 3.19. The summed E-state index contributed by atoms with van der Waals surface area (Å²) in [6.07, 6.45) is 5.54. The molecular formula is C16H20BrNO. The van der Waals surface area contributed by atoms with Gasteiger partial charge in [-0.3, -0.25) is 4.79 Å². The molecule has 2 aliphatic carbocycles. The summed E-state index contributed by atoms with van der Waals surface area (Å²) in [6.45, 7) is 0.779.